The van der Waals surface area contributed by atoms with Gasteiger partial charge in [0, 0.05) is 0 Å². The summed E-state index contributed by atoms with van der Waals surface area (Å²) < 4.78 is 1.29. The Hall–Kier alpha value is -1.89. The van der Waals surface area contributed by atoms with Gasteiger partial charge in [0.1, 0.15) is 0 Å². The summed E-state index contributed by atoms with van der Waals surface area (Å²) in [6.45, 7) is 0. The van der Waals surface area contributed by atoms with Crippen LogP contribution in [0, 0.1) is 0 Å². The molecular weight excluding hydrogens is 299 g/mol. The van der Waals surface area contributed by atoms with Gasteiger partial charge in [0.05, 0.1) is 0 Å². The van der Waals surface area contributed by atoms with Crippen LogP contribution in [0.1, 0.15) is 5.56 Å². The van der Waals surface area contributed by atoms with Crippen molar-refractivity contribution < 1.29 is 4.79 Å². The van der Waals surface area contributed by atoms with Gasteiger partial charge >= 0.3 is 119 Å². The van der Waals surface area contributed by atoms with Gasteiger partial charge in [-0.3, -0.25) is 0 Å². The predicted molar refractivity (Wildman–Crippen MR) is 81.5 cm³/mol. The quantitative estimate of drug-likeness (QED) is 0.471. The first-order valence-electron chi connectivity index (χ1n) is 6.01. The number of carbonyl (C=O) groups excluding carboxylic acids is 1. The van der Waals surface area contributed by atoms with E-state index in [-0.39, 0.29) is 19.6 Å². The summed E-state index contributed by atoms with van der Waals surface area (Å²) in [6.07, 6.45) is 7.33. The van der Waals surface area contributed by atoms with E-state index in [9.17, 15) is 4.79 Å². The summed E-state index contributed by atoms with van der Waals surface area (Å²) >= 11 is -0.127. The maximum atomic E-state index is 11.7. The van der Waals surface area contributed by atoms with E-state index < -0.39 is 0 Å². The first-order chi connectivity index (χ1) is 9.34. The molecule has 2 heteroatoms. The van der Waals surface area contributed by atoms with Gasteiger partial charge in [0.15, 0.2) is 0 Å². The molecule has 0 N–H and O–H groups in total. The van der Waals surface area contributed by atoms with Gasteiger partial charge in [0.25, 0.3) is 0 Å². The molecule has 94 valence electrons. The fourth-order valence-electron chi connectivity index (χ4n) is 1.50. The number of rotatable bonds is 5. The molecule has 0 aromatic heterocycles. The average molecular weight is 313 g/mol. The van der Waals surface area contributed by atoms with E-state index in [1.54, 1.807) is 12.2 Å². The molecule has 0 unspecified atom stereocenters. The van der Waals surface area contributed by atoms with Crippen LogP contribution >= 0.6 is 0 Å². The molecule has 1 nitrogen and oxygen atoms in total. The molecule has 0 bridgehead atoms. The molecule has 0 amide bonds. The molecule has 0 saturated carbocycles. The van der Waals surface area contributed by atoms with Crippen LogP contribution in [0.2, 0.25) is 0 Å². The van der Waals surface area contributed by atoms with E-state index in [4.69, 9.17) is 0 Å². The maximum absolute atomic E-state index is 11.7. The van der Waals surface area contributed by atoms with E-state index in [0.717, 1.165) is 10.0 Å². The van der Waals surface area contributed by atoms with Crippen molar-refractivity contribution in [1.82, 2.24) is 0 Å². The topological polar surface area (TPSA) is 17.1 Å². The van der Waals surface area contributed by atoms with E-state index in [1.807, 2.05) is 72.8 Å². The second-order valence-corrected chi connectivity index (χ2v) is 6.12. The molecule has 0 atom stereocenters. The van der Waals surface area contributed by atoms with Gasteiger partial charge in [-0.15, -0.1) is 0 Å². The molecule has 0 aliphatic carbocycles. The molecule has 2 rings (SSSR count). The van der Waals surface area contributed by atoms with E-state index in [0.29, 0.717) is 0 Å². The Morgan fingerprint density at radius 3 is 2.16 bits per heavy atom. The Bertz CT molecular complexity index is 571. The number of allylic oxidation sites excluding steroid dienone is 3. The fraction of sp³-hybridized carbons (Fsp3) is 0. The SMILES string of the molecule is O=C(/C=C/C=C/c1ccccc1)[Se]c1ccccc1. The Morgan fingerprint density at radius 2 is 1.47 bits per heavy atom. The molecule has 0 spiro atoms. The summed E-state index contributed by atoms with van der Waals surface area (Å²) in [5.74, 6) is 0. The van der Waals surface area contributed by atoms with E-state index in [1.165, 1.54) is 0 Å². The van der Waals surface area contributed by atoms with Crippen molar-refractivity contribution in [3.05, 3.63) is 84.5 Å². The number of hydrogen-bond acceptors (Lipinski definition) is 1. The fourth-order valence-corrected chi connectivity index (χ4v) is 2.91. The summed E-state index contributed by atoms with van der Waals surface area (Å²) in [7, 11) is 0. The third kappa shape index (κ3) is 5.09. The zero-order valence-electron chi connectivity index (χ0n) is 10.4. The van der Waals surface area contributed by atoms with Crippen LogP contribution in [-0.4, -0.2) is 19.6 Å². The van der Waals surface area contributed by atoms with Crippen molar-refractivity contribution in [2.24, 2.45) is 0 Å². The van der Waals surface area contributed by atoms with Crippen molar-refractivity contribution in [2.45, 2.75) is 0 Å². The van der Waals surface area contributed by atoms with Gasteiger partial charge in [-0.05, 0) is 0 Å². The molecule has 0 fully saturated rings. The molecule has 19 heavy (non-hydrogen) atoms. The third-order valence-corrected chi connectivity index (χ3v) is 4.17. The van der Waals surface area contributed by atoms with Gasteiger partial charge in [0.2, 0.25) is 0 Å². The third-order valence-electron chi connectivity index (χ3n) is 2.39. The van der Waals surface area contributed by atoms with Crippen molar-refractivity contribution in [3.8, 4) is 0 Å². The molecule has 0 aliphatic heterocycles. The van der Waals surface area contributed by atoms with Crippen LogP contribution in [0.15, 0.2) is 78.9 Å². The number of carbonyl (C=O) groups is 1. The van der Waals surface area contributed by atoms with Crippen molar-refractivity contribution in [2.75, 3.05) is 0 Å². The average Bonchev–Trinajstić information content (AvgIpc) is 2.46. The van der Waals surface area contributed by atoms with Gasteiger partial charge < -0.3 is 0 Å². The molecule has 0 radical (unpaired) electrons. The summed E-state index contributed by atoms with van der Waals surface area (Å²) in [5.41, 5.74) is 1.13. The summed E-state index contributed by atoms with van der Waals surface area (Å²) in [4.78, 5) is 11.7. The van der Waals surface area contributed by atoms with Crippen molar-refractivity contribution in [1.29, 1.82) is 0 Å². The van der Waals surface area contributed by atoms with E-state index >= 15 is 0 Å². The Morgan fingerprint density at radius 1 is 0.842 bits per heavy atom. The molecule has 0 heterocycles. The molecule has 0 saturated heterocycles. The van der Waals surface area contributed by atoms with Gasteiger partial charge in [-0.1, -0.05) is 0 Å². The number of benzene rings is 2. The minimum atomic E-state index is -0.127. The van der Waals surface area contributed by atoms with Crippen molar-refractivity contribution in [3.63, 3.8) is 0 Å². The Kier molecular flexibility index (Phi) is 5.36. The first kappa shape index (κ1) is 13.5. The van der Waals surface area contributed by atoms with Crippen LogP contribution in [0.5, 0.6) is 0 Å². The van der Waals surface area contributed by atoms with Gasteiger partial charge in [-0.25, -0.2) is 0 Å². The first-order valence-corrected chi connectivity index (χ1v) is 7.72. The molecule has 2 aromatic rings. The molecule has 2 aromatic carbocycles. The zero-order chi connectivity index (χ0) is 13.3. The Balaban J connectivity index is 1.86. The molecular formula is C17H14OSe. The standard InChI is InChI=1S/C17H14OSe/c18-17(19-16-12-5-2-6-13-16)14-8-7-11-15-9-3-1-4-10-15/h1-14H/b11-7+,14-8+. The predicted octanol–water partition coefficient (Wildman–Crippen LogP) is 2.81. The van der Waals surface area contributed by atoms with Crippen LogP contribution in [0.3, 0.4) is 0 Å². The van der Waals surface area contributed by atoms with Crippen LogP contribution in [-0.2, 0) is 4.79 Å². The second-order valence-electron chi connectivity index (χ2n) is 3.86. The van der Waals surface area contributed by atoms with Crippen molar-refractivity contribution >= 4 is 30.2 Å². The zero-order valence-corrected chi connectivity index (χ0v) is 12.1. The van der Waals surface area contributed by atoms with Crippen LogP contribution in [0.4, 0.5) is 0 Å². The number of hydrogen-bond donors (Lipinski definition) is 0. The summed E-state index contributed by atoms with van der Waals surface area (Å²) in [5, 5.41) is 0. The monoisotopic (exact) mass is 314 g/mol. The minimum absolute atomic E-state index is 0.127. The van der Waals surface area contributed by atoms with Gasteiger partial charge in [-0.2, -0.15) is 0 Å². The normalized spacial score (nSPS) is 11.2. The molecule has 0 aliphatic rings. The summed E-state index contributed by atoms with van der Waals surface area (Å²) in [6, 6.07) is 19.9. The second kappa shape index (κ2) is 7.52. The Labute approximate surface area is 119 Å². The van der Waals surface area contributed by atoms with Crippen LogP contribution in [0.25, 0.3) is 6.08 Å². The van der Waals surface area contributed by atoms with E-state index in [2.05, 4.69) is 0 Å². The van der Waals surface area contributed by atoms with Crippen LogP contribution < -0.4 is 4.46 Å².